The first-order valence-electron chi connectivity index (χ1n) is 11.4. The van der Waals surface area contributed by atoms with Crippen LogP contribution in [0.1, 0.15) is 50.4 Å². The number of anilines is 1. The fourth-order valence-corrected chi connectivity index (χ4v) is 4.47. The number of nitrogens with zero attached hydrogens (tertiary/aromatic N) is 3. The highest BCUT2D eigenvalue weighted by molar-refractivity contribution is 5.44. The van der Waals surface area contributed by atoms with Crippen LogP contribution in [0.15, 0.2) is 36.4 Å². The van der Waals surface area contributed by atoms with Gasteiger partial charge in [-0.15, -0.1) is 0 Å². The first kappa shape index (κ1) is 25.4. The molecule has 1 fully saturated rings. The first-order chi connectivity index (χ1) is 15.5. The van der Waals surface area contributed by atoms with Crippen LogP contribution >= 0.6 is 0 Å². The predicted octanol–water partition coefficient (Wildman–Crippen LogP) is 5.65. The molecular formula is C25H33F4N3O. The van der Waals surface area contributed by atoms with Gasteiger partial charge in [0.2, 0.25) is 0 Å². The molecule has 0 unspecified atom stereocenters. The fourth-order valence-electron chi connectivity index (χ4n) is 4.47. The SMILES string of the molecule is CCN(c1cc(C(F)(F)F)cc(COCC2(c3ccc(F)cc3)CCN(C)CC2)n1)C(C)C. The normalized spacial score (nSPS) is 16.9. The third kappa shape index (κ3) is 6.23. The average Bonchev–Trinajstić information content (AvgIpc) is 2.75. The van der Waals surface area contributed by atoms with Crippen molar-refractivity contribution in [2.75, 3.05) is 38.2 Å². The Labute approximate surface area is 193 Å². The van der Waals surface area contributed by atoms with Crippen LogP contribution in [0.3, 0.4) is 0 Å². The molecule has 1 aromatic heterocycles. The van der Waals surface area contributed by atoms with E-state index in [-0.39, 0.29) is 29.6 Å². The number of aromatic nitrogens is 1. The second kappa shape index (κ2) is 10.4. The largest absolute Gasteiger partial charge is 0.416 e. The molecule has 0 radical (unpaired) electrons. The monoisotopic (exact) mass is 467 g/mol. The van der Waals surface area contributed by atoms with Gasteiger partial charge in [-0.3, -0.25) is 0 Å². The molecule has 0 amide bonds. The lowest BCUT2D eigenvalue weighted by Crippen LogP contribution is -2.43. The summed E-state index contributed by atoms with van der Waals surface area (Å²) in [5.74, 6) is 0.00235. The van der Waals surface area contributed by atoms with Crippen LogP contribution in [0.5, 0.6) is 0 Å². The number of rotatable bonds is 8. The second-order valence-electron chi connectivity index (χ2n) is 9.17. The highest BCUT2D eigenvalue weighted by Gasteiger charge is 2.36. The molecule has 0 atom stereocenters. The van der Waals surface area contributed by atoms with Gasteiger partial charge < -0.3 is 14.5 Å². The first-order valence-corrected chi connectivity index (χ1v) is 11.4. The van der Waals surface area contributed by atoms with Gasteiger partial charge in [-0.25, -0.2) is 9.37 Å². The number of ether oxygens (including phenoxy) is 1. The highest BCUT2D eigenvalue weighted by atomic mass is 19.4. The number of alkyl halides is 3. The van der Waals surface area contributed by atoms with E-state index >= 15 is 0 Å². The van der Waals surface area contributed by atoms with Crippen LogP contribution in [0.25, 0.3) is 0 Å². The van der Waals surface area contributed by atoms with Crippen molar-refractivity contribution in [3.8, 4) is 0 Å². The molecule has 8 heteroatoms. The van der Waals surface area contributed by atoms with Gasteiger partial charge in [-0.05, 0) is 83.6 Å². The number of halogens is 4. The molecule has 1 aliphatic heterocycles. The van der Waals surface area contributed by atoms with E-state index in [4.69, 9.17) is 4.74 Å². The summed E-state index contributed by atoms with van der Waals surface area (Å²) in [6, 6.07) is 8.64. The lowest BCUT2D eigenvalue weighted by molar-refractivity contribution is -0.137. The summed E-state index contributed by atoms with van der Waals surface area (Å²) in [5, 5.41) is 0. The maximum absolute atomic E-state index is 13.6. The molecule has 1 aromatic carbocycles. The van der Waals surface area contributed by atoms with Gasteiger partial charge in [0.05, 0.1) is 24.5 Å². The topological polar surface area (TPSA) is 28.6 Å². The molecule has 4 nitrogen and oxygen atoms in total. The smallest absolute Gasteiger partial charge is 0.374 e. The van der Waals surface area contributed by atoms with E-state index in [1.165, 1.54) is 12.1 Å². The van der Waals surface area contributed by atoms with Gasteiger partial charge in [-0.2, -0.15) is 13.2 Å². The van der Waals surface area contributed by atoms with Crippen molar-refractivity contribution in [2.24, 2.45) is 0 Å². The van der Waals surface area contributed by atoms with E-state index in [1.54, 1.807) is 12.1 Å². The van der Waals surface area contributed by atoms with E-state index in [1.807, 2.05) is 25.7 Å². The van der Waals surface area contributed by atoms with Gasteiger partial charge >= 0.3 is 6.18 Å². The van der Waals surface area contributed by atoms with Gasteiger partial charge in [0.15, 0.2) is 0 Å². The van der Waals surface area contributed by atoms with Crippen LogP contribution < -0.4 is 4.90 Å². The molecule has 0 saturated carbocycles. The van der Waals surface area contributed by atoms with Crippen LogP contribution in [0.4, 0.5) is 23.4 Å². The minimum Gasteiger partial charge on any atom is -0.374 e. The van der Waals surface area contributed by atoms with Crippen molar-refractivity contribution < 1.29 is 22.3 Å². The maximum atomic E-state index is 13.6. The Morgan fingerprint density at radius 1 is 1.12 bits per heavy atom. The zero-order chi connectivity index (χ0) is 24.2. The summed E-state index contributed by atoms with van der Waals surface area (Å²) in [5.41, 5.74) is 0.212. The summed E-state index contributed by atoms with van der Waals surface area (Å²) < 4.78 is 60.2. The number of hydrogen-bond acceptors (Lipinski definition) is 4. The highest BCUT2D eigenvalue weighted by Crippen LogP contribution is 2.36. The molecule has 0 spiro atoms. The summed E-state index contributed by atoms with van der Waals surface area (Å²) in [7, 11) is 2.05. The minimum absolute atomic E-state index is 0.0146. The van der Waals surface area contributed by atoms with E-state index < -0.39 is 11.7 Å². The third-order valence-electron chi connectivity index (χ3n) is 6.48. The Hall–Kier alpha value is -2.19. The predicted molar refractivity (Wildman–Crippen MR) is 122 cm³/mol. The van der Waals surface area contributed by atoms with Crippen LogP contribution in [0, 0.1) is 5.82 Å². The van der Waals surface area contributed by atoms with Gasteiger partial charge in [0.25, 0.3) is 0 Å². The number of pyridine rings is 1. The zero-order valence-corrected chi connectivity index (χ0v) is 19.8. The Balaban J connectivity index is 1.82. The van der Waals surface area contributed by atoms with E-state index in [0.717, 1.165) is 43.6 Å². The van der Waals surface area contributed by atoms with Crippen LogP contribution in [0.2, 0.25) is 0 Å². The summed E-state index contributed by atoms with van der Waals surface area (Å²) >= 11 is 0. The number of hydrogen-bond donors (Lipinski definition) is 0. The van der Waals surface area contributed by atoms with Crippen molar-refractivity contribution in [3.05, 3.63) is 59.0 Å². The number of piperidine rings is 1. The van der Waals surface area contributed by atoms with Gasteiger partial charge in [-0.1, -0.05) is 12.1 Å². The van der Waals surface area contributed by atoms with Crippen LogP contribution in [-0.2, 0) is 22.9 Å². The maximum Gasteiger partial charge on any atom is 0.416 e. The van der Waals surface area contributed by atoms with Gasteiger partial charge in [0.1, 0.15) is 11.6 Å². The van der Waals surface area contributed by atoms with Crippen LogP contribution in [-0.4, -0.2) is 49.2 Å². The molecule has 2 heterocycles. The van der Waals surface area contributed by atoms with E-state index in [2.05, 4.69) is 16.9 Å². The van der Waals surface area contributed by atoms with E-state index in [9.17, 15) is 17.6 Å². The number of likely N-dealkylation sites (tertiary alicyclic amines) is 1. The number of benzene rings is 1. The standard InChI is InChI=1S/C25H33F4N3O/c1-5-32(18(2)3)23-15-20(25(27,28)29)14-22(30-23)16-33-17-24(10-12-31(4)13-11-24)19-6-8-21(26)9-7-19/h6-9,14-15,18H,5,10-13,16-17H2,1-4H3. The van der Waals surface area contributed by atoms with Crippen molar-refractivity contribution in [1.82, 2.24) is 9.88 Å². The Bertz CT molecular complexity index is 907. The Morgan fingerprint density at radius 2 is 1.76 bits per heavy atom. The van der Waals surface area contributed by atoms with Gasteiger partial charge in [0, 0.05) is 18.0 Å². The van der Waals surface area contributed by atoms with Crippen molar-refractivity contribution in [3.63, 3.8) is 0 Å². The van der Waals surface area contributed by atoms with Crippen molar-refractivity contribution >= 4 is 5.82 Å². The molecule has 3 rings (SSSR count). The summed E-state index contributed by atoms with van der Waals surface area (Å²) in [4.78, 5) is 8.54. The molecule has 2 aromatic rings. The summed E-state index contributed by atoms with van der Waals surface area (Å²) in [6.07, 6.45) is -2.81. The van der Waals surface area contributed by atoms with E-state index in [0.29, 0.717) is 19.0 Å². The zero-order valence-electron chi connectivity index (χ0n) is 19.8. The molecule has 0 N–H and O–H groups in total. The molecule has 33 heavy (non-hydrogen) atoms. The molecule has 1 aliphatic rings. The Kier molecular flexibility index (Phi) is 8.00. The fraction of sp³-hybridized carbons (Fsp3) is 0.560. The molecule has 182 valence electrons. The molecular weight excluding hydrogens is 434 g/mol. The lowest BCUT2D eigenvalue weighted by atomic mass is 9.73. The third-order valence-corrected chi connectivity index (χ3v) is 6.48. The molecule has 1 saturated heterocycles. The quantitative estimate of drug-likeness (QED) is 0.469. The molecule has 0 bridgehead atoms. The minimum atomic E-state index is -4.47. The second-order valence-corrected chi connectivity index (χ2v) is 9.17. The van der Waals surface area contributed by atoms with Crippen molar-refractivity contribution in [2.45, 2.75) is 57.9 Å². The Morgan fingerprint density at radius 3 is 2.30 bits per heavy atom. The average molecular weight is 468 g/mol. The lowest BCUT2D eigenvalue weighted by Gasteiger charge is -2.41. The van der Waals surface area contributed by atoms with Crippen molar-refractivity contribution in [1.29, 1.82) is 0 Å². The summed E-state index contributed by atoms with van der Waals surface area (Å²) in [6.45, 7) is 8.34. The molecule has 0 aliphatic carbocycles.